The van der Waals surface area contributed by atoms with E-state index in [4.69, 9.17) is 9.47 Å². The average Bonchev–Trinajstić information content (AvgIpc) is 3.46. The first-order valence-corrected chi connectivity index (χ1v) is 14.4. The Balaban J connectivity index is 1.54. The summed E-state index contributed by atoms with van der Waals surface area (Å²) in [4.78, 5) is 15.6. The maximum atomic E-state index is 14.3. The van der Waals surface area contributed by atoms with Gasteiger partial charge in [-0.1, -0.05) is 21.1 Å². The molecule has 1 saturated carbocycles. The van der Waals surface area contributed by atoms with Gasteiger partial charge in [0.1, 0.15) is 41.7 Å². The van der Waals surface area contributed by atoms with Gasteiger partial charge in [-0.2, -0.15) is 5.26 Å². The molecule has 2 aliphatic rings. The van der Waals surface area contributed by atoms with Gasteiger partial charge in [0, 0.05) is 22.8 Å². The van der Waals surface area contributed by atoms with Crippen LogP contribution in [0, 0.1) is 23.0 Å². The number of anilines is 1. The number of halogens is 4. The fraction of sp³-hybridized carbons (Fsp3) is 0.407. The summed E-state index contributed by atoms with van der Waals surface area (Å²) in [5.74, 6) is -2.34. The third kappa shape index (κ3) is 5.60. The van der Waals surface area contributed by atoms with E-state index in [1.807, 2.05) is 6.07 Å². The lowest BCUT2D eigenvalue weighted by molar-refractivity contribution is -0.211. The molecule has 0 radical (unpaired) electrons. The van der Waals surface area contributed by atoms with Crippen LogP contribution in [0.3, 0.4) is 0 Å². The van der Waals surface area contributed by atoms with Gasteiger partial charge in [0.2, 0.25) is 0 Å². The largest absolute Gasteiger partial charge is 0.394 e. The van der Waals surface area contributed by atoms with Gasteiger partial charge in [0.25, 0.3) is 5.91 Å². The zero-order chi connectivity index (χ0) is 30.3. The highest BCUT2D eigenvalue weighted by Gasteiger charge is 2.52. The lowest BCUT2D eigenvalue weighted by Crippen LogP contribution is -2.64. The maximum absolute atomic E-state index is 14.3. The molecule has 5 rings (SSSR count). The van der Waals surface area contributed by atoms with Gasteiger partial charge in [-0.25, -0.2) is 13.5 Å². The van der Waals surface area contributed by atoms with E-state index in [-0.39, 0.29) is 21.3 Å². The molecule has 42 heavy (non-hydrogen) atoms. The number of carbonyl (C=O) groups is 1. The highest BCUT2D eigenvalue weighted by Crippen LogP contribution is 2.38. The van der Waals surface area contributed by atoms with Crippen molar-refractivity contribution in [1.82, 2.24) is 15.0 Å². The number of aliphatic hydroxyl groups excluding tert-OH is 3. The molecule has 7 atom stereocenters. The second-order valence-electron chi connectivity index (χ2n) is 10.0. The van der Waals surface area contributed by atoms with Crippen LogP contribution in [0.15, 0.2) is 45.5 Å². The van der Waals surface area contributed by atoms with Crippen molar-refractivity contribution < 1.29 is 38.4 Å². The molecule has 2 fully saturated rings. The topological polar surface area (TPSA) is 154 Å². The lowest BCUT2D eigenvalue weighted by Gasteiger charge is -2.47. The summed E-state index contributed by atoms with van der Waals surface area (Å²) >= 11 is 6.19. The minimum absolute atomic E-state index is 0.0781. The molecule has 1 saturated heterocycles. The second kappa shape index (κ2) is 12.4. The summed E-state index contributed by atoms with van der Waals surface area (Å²) in [6, 6.07) is 7.13. The van der Waals surface area contributed by atoms with Gasteiger partial charge < -0.3 is 29.7 Å². The van der Waals surface area contributed by atoms with Gasteiger partial charge in [-0.05, 0) is 59.1 Å². The van der Waals surface area contributed by atoms with Crippen LogP contribution in [0.4, 0.5) is 14.5 Å². The van der Waals surface area contributed by atoms with E-state index in [2.05, 4.69) is 42.2 Å². The van der Waals surface area contributed by atoms with Crippen molar-refractivity contribution in [2.24, 2.45) is 0 Å². The molecule has 0 bridgehead atoms. The van der Waals surface area contributed by atoms with E-state index in [1.165, 1.54) is 29.0 Å². The van der Waals surface area contributed by atoms with Crippen LogP contribution in [-0.4, -0.2) is 86.5 Å². The Bertz CT molecular complexity index is 1510. The molecule has 3 N–H and O–H groups in total. The van der Waals surface area contributed by atoms with Gasteiger partial charge in [0.15, 0.2) is 6.10 Å². The molecular formula is C27H25Br2F2N5O6. The molecule has 2 heterocycles. The molecule has 2 aromatic carbocycles. The smallest absolute Gasteiger partial charge is 0.259 e. The first-order chi connectivity index (χ1) is 20.1. The summed E-state index contributed by atoms with van der Waals surface area (Å²) in [6.07, 6.45) is -3.84. The molecule has 1 amide bonds. The van der Waals surface area contributed by atoms with Crippen molar-refractivity contribution in [3.8, 4) is 17.3 Å². The Morgan fingerprint density at radius 1 is 1.21 bits per heavy atom. The van der Waals surface area contributed by atoms with Crippen LogP contribution in [0.1, 0.15) is 24.4 Å². The first-order valence-electron chi connectivity index (χ1n) is 12.8. The van der Waals surface area contributed by atoms with E-state index in [1.54, 1.807) is 12.1 Å². The Labute approximate surface area is 255 Å². The van der Waals surface area contributed by atoms with Crippen LogP contribution >= 0.6 is 31.9 Å². The number of amides is 1. The Hall–Kier alpha value is -2.84. The van der Waals surface area contributed by atoms with Crippen LogP contribution in [0.25, 0.3) is 11.3 Å². The Morgan fingerprint density at radius 2 is 1.93 bits per heavy atom. The summed E-state index contributed by atoms with van der Waals surface area (Å²) in [6.45, 7) is -0.663. The standard InChI is InChI=1S/C27H25Br2F2N5O6/c1-41-25-23(35-10-18(33-34-35)13-6-16(30)22(29)17(31)7-13)24(39)21(11-37)42-26(25)27(40)36(19-2-3-20(19)38)15-5-12(9-32)4-14(28)8-15/h4-8,10,19-21,23-26,37-39H,2-3,11H2,1H3/t19-,20-,21-,23+,24+,25-,26-/m1/s1. The fourth-order valence-electron chi connectivity index (χ4n) is 5.28. The summed E-state index contributed by atoms with van der Waals surface area (Å²) in [7, 11) is 1.31. The second-order valence-corrected chi connectivity index (χ2v) is 11.7. The highest BCUT2D eigenvalue weighted by molar-refractivity contribution is 9.10. The SMILES string of the molecule is CO[C@@H]1[C@@H](n2cc(-c3cc(F)c(Br)c(F)c3)nn2)[C@@H](O)[C@@H](CO)O[C@H]1C(=O)N(c1cc(Br)cc(C#N)c1)[C@@H]1CC[C@H]1O. The molecule has 15 heteroatoms. The number of hydrogen-bond donors (Lipinski definition) is 3. The van der Waals surface area contributed by atoms with Gasteiger partial charge in [0.05, 0.1) is 41.1 Å². The normalized spacial score (nSPS) is 27.3. The molecule has 1 aliphatic heterocycles. The van der Waals surface area contributed by atoms with Crippen LogP contribution in [0.5, 0.6) is 0 Å². The van der Waals surface area contributed by atoms with Gasteiger partial charge >= 0.3 is 0 Å². The van der Waals surface area contributed by atoms with Crippen LogP contribution in [0.2, 0.25) is 0 Å². The van der Waals surface area contributed by atoms with Crippen molar-refractivity contribution in [2.45, 2.75) is 55.4 Å². The molecule has 0 unspecified atom stereocenters. The van der Waals surface area contributed by atoms with Crippen molar-refractivity contribution in [3.05, 3.63) is 62.7 Å². The van der Waals surface area contributed by atoms with Crippen molar-refractivity contribution in [3.63, 3.8) is 0 Å². The number of nitriles is 1. The number of nitrogens with zero attached hydrogens (tertiary/aromatic N) is 5. The monoisotopic (exact) mass is 711 g/mol. The van der Waals surface area contributed by atoms with Crippen molar-refractivity contribution in [2.75, 3.05) is 18.6 Å². The summed E-state index contributed by atoms with van der Waals surface area (Å²) < 4.78 is 41.4. The Morgan fingerprint density at radius 3 is 2.50 bits per heavy atom. The number of aliphatic hydroxyl groups is 3. The quantitative estimate of drug-likeness (QED) is 0.314. The lowest BCUT2D eigenvalue weighted by atomic mass is 9.85. The molecule has 1 aromatic heterocycles. The third-order valence-corrected chi connectivity index (χ3v) is 8.75. The maximum Gasteiger partial charge on any atom is 0.259 e. The number of methoxy groups -OCH3 is 1. The van der Waals surface area contributed by atoms with Gasteiger partial charge in [-0.3, -0.25) is 4.79 Å². The number of benzene rings is 2. The third-order valence-electron chi connectivity index (χ3n) is 7.54. The fourth-order valence-corrected chi connectivity index (χ4v) is 5.99. The van der Waals surface area contributed by atoms with Crippen LogP contribution < -0.4 is 4.90 Å². The molecule has 11 nitrogen and oxygen atoms in total. The molecular weight excluding hydrogens is 688 g/mol. The number of ether oxygens (including phenoxy) is 2. The minimum Gasteiger partial charge on any atom is -0.394 e. The highest BCUT2D eigenvalue weighted by atomic mass is 79.9. The van der Waals surface area contributed by atoms with Crippen molar-refractivity contribution in [1.29, 1.82) is 5.26 Å². The van der Waals surface area contributed by atoms with E-state index < -0.39 is 66.8 Å². The Kier molecular flexibility index (Phi) is 9.05. The minimum atomic E-state index is -1.43. The van der Waals surface area contributed by atoms with E-state index in [0.717, 1.165) is 12.1 Å². The zero-order valence-corrected chi connectivity index (χ0v) is 25.1. The number of hydrogen-bond acceptors (Lipinski definition) is 9. The average molecular weight is 713 g/mol. The summed E-state index contributed by atoms with van der Waals surface area (Å²) in [5, 5.41) is 49.3. The number of aromatic nitrogens is 3. The van der Waals surface area contributed by atoms with E-state index >= 15 is 0 Å². The van der Waals surface area contributed by atoms with Crippen molar-refractivity contribution >= 4 is 43.5 Å². The predicted molar refractivity (Wildman–Crippen MR) is 150 cm³/mol. The predicted octanol–water partition coefficient (Wildman–Crippen LogP) is 2.85. The molecule has 1 aliphatic carbocycles. The molecule has 3 aromatic rings. The van der Waals surface area contributed by atoms with Gasteiger partial charge in [-0.15, -0.1) is 5.10 Å². The first kappa shape index (κ1) is 30.6. The molecule has 0 spiro atoms. The van der Waals surface area contributed by atoms with E-state index in [0.29, 0.717) is 23.0 Å². The van der Waals surface area contributed by atoms with E-state index in [9.17, 15) is 34.2 Å². The number of carbonyl (C=O) groups excluding carboxylic acids is 1. The summed E-state index contributed by atoms with van der Waals surface area (Å²) in [5.41, 5.74) is 0.763. The number of rotatable bonds is 7. The zero-order valence-electron chi connectivity index (χ0n) is 21.9. The van der Waals surface area contributed by atoms with Crippen LogP contribution in [-0.2, 0) is 14.3 Å². The molecule has 222 valence electrons.